The monoisotopic (exact) mass is 902 g/mol. The van der Waals surface area contributed by atoms with E-state index in [1.54, 1.807) is 26.4 Å². The molecule has 0 fully saturated rings. The number of hydrogen-bond donors (Lipinski definition) is 4. The van der Waals surface area contributed by atoms with Crippen LogP contribution >= 0.6 is 23.2 Å². The number of hydrogen-bond acceptors (Lipinski definition) is 10. The Labute approximate surface area is 383 Å². The number of fused-ring (bicyclic) bond motifs is 4. The molecule has 2 spiro atoms. The molecule has 2 amide bonds. The third-order valence-corrected chi connectivity index (χ3v) is 13.3. The number of ether oxygens (including phenoxy) is 4. The Hall–Kier alpha value is -6.50. The summed E-state index contributed by atoms with van der Waals surface area (Å²) in [5.74, 6) is 1.27. The Morgan fingerprint density at radius 1 is 0.625 bits per heavy atom. The Morgan fingerprint density at radius 2 is 1.00 bits per heavy atom. The highest BCUT2D eigenvalue weighted by Gasteiger charge is 2.61. The number of benzene rings is 5. The molecular formula is C50H52Cl2N6O6. The quantitative estimate of drug-likeness (QED) is 0.111. The number of carbonyl (C=O) groups is 2. The smallest absolute Gasteiger partial charge is 0.244 e. The first-order chi connectivity index (χ1) is 30.5. The molecule has 4 heterocycles. The van der Waals surface area contributed by atoms with Gasteiger partial charge in [0.15, 0.2) is 23.0 Å². The lowest BCUT2D eigenvalue weighted by Gasteiger charge is -2.47. The van der Waals surface area contributed by atoms with Crippen LogP contribution in [-0.4, -0.2) is 50.6 Å². The number of para-hydroxylation sites is 2. The van der Waals surface area contributed by atoms with E-state index >= 15 is 0 Å². The lowest BCUT2D eigenvalue weighted by atomic mass is 9.76. The number of halogens is 2. The molecule has 6 N–H and O–H groups in total. The molecule has 4 aliphatic heterocycles. The predicted octanol–water partition coefficient (Wildman–Crippen LogP) is 10.3. The molecule has 5 aromatic carbocycles. The van der Waals surface area contributed by atoms with E-state index in [2.05, 4.69) is 38.3 Å². The Morgan fingerprint density at radius 3 is 1.38 bits per heavy atom. The summed E-state index contributed by atoms with van der Waals surface area (Å²) < 4.78 is 25.2. The lowest BCUT2D eigenvalue weighted by molar-refractivity contribution is -0.116. The fraction of sp³-hybridized carbons (Fsp3) is 0.280. The number of methoxy groups -OCH3 is 2. The first-order valence-electron chi connectivity index (χ1n) is 21.1. The molecular weight excluding hydrogens is 851 g/mol. The van der Waals surface area contributed by atoms with Gasteiger partial charge in [0.1, 0.15) is 13.1 Å². The van der Waals surface area contributed by atoms with Gasteiger partial charge in [-0.1, -0.05) is 73.4 Å². The van der Waals surface area contributed by atoms with Crippen LogP contribution in [0, 0.1) is 0 Å². The van der Waals surface area contributed by atoms with Gasteiger partial charge in [0, 0.05) is 46.0 Å². The van der Waals surface area contributed by atoms with Gasteiger partial charge < -0.3 is 50.8 Å². The van der Waals surface area contributed by atoms with Crippen molar-refractivity contribution in [3.8, 4) is 23.0 Å². The summed E-state index contributed by atoms with van der Waals surface area (Å²) in [6.45, 7) is 12.1. The summed E-state index contributed by atoms with van der Waals surface area (Å²) in [6.07, 6.45) is 7.84. The van der Waals surface area contributed by atoms with Gasteiger partial charge in [0.2, 0.25) is 23.3 Å². The summed E-state index contributed by atoms with van der Waals surface area (Å²) in [5, 5.41) is 6.23. The average Bonchev–Trinajstić information content (AvgIpc) is 3.56. The number of rotatable bonds is 8. The molecule has 0 aromatic heterocycles. The van der Waals surface area contributed by atoms with Gasteiger partial charge in [0.25, 0.3) is 0 Å². The van der Waals surface area contributed by atoms with Crippen LogP contribution < -0.4 is 50.8 Å². The molecule has 9 rings (SSSR count). The van der Waals surface area contributed by atoms with Crippen LogP contribution in [0.4, 0.5) is 34.1 Å². The number of nitrogens with zero attached hydrogens (tertiary/aromatic N) is 2. The Bertz CT molecular complexity index is 2580. The summed E-state index contributed by atoms with van der Waals surface area (Å²) >= 11 is 13.7. The van der Waals surface area contributed by atoms with Crippen molar-refractivity contribution >= 4 is 81.3 Å². The molecule has 12 nitrogen and oxygen atoms in total. The van der Waals surface area contributed by atoms with Gasteiger partial charge in [-0.05, 0) is 99.5 Å². The summed E-state index contributed by atoms with van der Waals surface area (Å²) in [4.78, 5) is 32.1. The normalized spacial score (nSPS) is 19.9. The standard InChI is InChI=1S/C48H46Cl2N6O6.C2H6/c1-45(2)31-11-7-9-13-37(31)55(47(45)17-15-27-19-29(51)21-39(59-5)43(27)61-47)25-41(57)53-35-23-34(50)36(24-33(35)49)54-42(58)26-56-38-14-10-8-12-32(38)46(3,4)48(56)18-16-28-20-30(52)22-40(60-6)44(28)62-48;1-2/h7-24H,25-26,51-52H2,1-6H3,(H,53,57)(H,54,58);1-2H3. The zero-order valence-corrected chi connectivity index (χ0v) is 38.6. The van der Waals surface area contributed by atoms with E-state index in [1.165, 1.54) is 12.1 Å². The van der Waals surface area contributed by atoms with Crippen LogP contribution in [0.5, 0.6) is 23.0 Å². The molecule has 0 aliphatic carbocycles. The topological polar surface area (TPSA) is 154 Å². The second kappa shape index (κ2) is 16.2. The molecule has 64 heavy (non-hydrogen) atoms. The number of nitrogens with one attached hydrogen (secondary N) is 2. The van der Waals surface area contributed by atoms with Crippen LogP contribution in [0.3, 0.4) is 0 Å². The highest BCUT2D eigenvalue weighted by atomic mass is 35.5. The molecule has 0 bridgehead atoms. The summed E-state index contributed by atoms with van der Waals surface area (Å²) in [5.41, 5.74) is 15.7. The second-order valence-corrected chi connectivity index (χ2v) is 17.7. The Kier molecular flexibility index (Phi) is 11.2. The number of amides is 2. The van der Waals surface area contributed by atoms with E-state index in [9.17, 15) is 9.59 Å². The van der Waals surface area contributed by atoms with Crippen molar-refractivity contribution in [1.82, 2.24) is 0 Å². The van der Waals surface area contributed by atoms with E-state index in [-0.39, 0.29) is 46.3 Å². The third kappa shape index (κ3) is 6.82. The highest BCUT2D eigenvalue weighted by molar-refractivity contribution is 6.38. The fourth-order valence-corrected chi connectivity index (χ4v) is 9.93. The molecule has 0 saturated carbocycles. The molecule has 4 aliphatic rings. The van der Waals surface area contributed by atoms with Gasteiger partial charge in [-0.2, -0.15) is 0 Å². The molecule has 14 heteroatoms. The van der Waals surface area contributed by atoms with Gasteiger partial charge in [-0.25, -0.2) is 0 Å². The lowest BCUT2D eigenvalue weighted by Crippen LogP contribution is -2.61. The first kappa shape index (κ1) is 44.1. The zero-order chi connectivity index (χ0) is 45.9. The van der Waals surface area contributed by atoms with Crippen LogP contribution in [0.25, 0.3) is 12.2 Å². The molecule has 0 radical (unpaired) electrons. The van der Waals surface area contributed by atoms with Crippen molar-refractivity contribution in [2.75, 3.05) is 59.2 Å². The van der Waals surface area contributed by atoms with Crippen molar-refractivity contribution in [3.05, 3.63) is 129 Å². The summed E-state index contributed by atoms with van der Waals surface area (Å²) in [6, 6.07) is 26.0. The van der Waals surface area contributed by atoms with E-state index in [4.69, 9.17) is 53.6 Å². The van der Waals surface area contributed by atoms with Crippen LogP contribution in [0.15, 0.2) is 97.1 Å². The third-order valence-electron chi connectivity index (χ3n) is 12.7. The van der Waals surface area contributed by atoms with E-state index < -0.39 is 22.3 Å². The molecule has 2 unspecified atom stereocenters. The van der Waals surface area contributed by atoms with Crippen molar-refractivity contribution < 1.29 is 28.5 Å². The van der Waals surface area contributed by atoms with Crippen molar-refractivity contribution in [2.24, 2.45) is 0 Å². The molecule has 2 atom stereocenters. The van der Waals surface area contributed by atoms with Crippen molar-refractivity contribution in [1.29, 1.82) is 0 Å². The number of carbonyl (C=O) groups excluding carboxylic acids is 2. The van der Waals surface area contributed by atoms with Crippen LogP contribution in [-0.2, 0) is 20.4 Å². The minimum Gasteiger partial charge on any atom is -0.493 e. The summed E-state index contributed by atoms with van der Waals surface area (Å²) in [7, 11) is 3.13. The fourth-order valence-electron chi connectivity index (χ4n) is 9.51. The van der Waals surface area contributed by atoms with Gasteiger partial charge in [0.05, 0.1) is 46.5 Å². The largest absolute Gasteiger partial charge is 0.493 e. The maximum absolute atomic E-state index is 14.1. The molecule has 332 valence electrons. The molecule has 5 aromatic rings. The number of nitrogen functional groups attached to an aromatic ring is 2. The van der Waals surface area contributed by atoms with Crippen molar-refractivity contribution in [2.45, 2.75) is 63.8 Å². The average molecular weight is 904 g/mol. The van der Waals surface area contributed by atoms with Gasteiger partial charge >= 0.3 is 0 Å². The van der Waals surface area contributed by atoms with Gasteiger partial charge in [-0.15, -0.1) is 0 Å². The predicted molar refractivity (Wildman–Crippen MR) is 258 cm³/mol. The molecule has 0 saturated heterocycles. The SMILES string of the molecule is CC.COc1cc(N)cc2c1OC1(C=C2)N(CC(=O)Nc2cc(Cl)c(NC(=O)CN3c4ccccc4C(C)(C)C34C=Cc3cc(N)cc(OC)c3O4)cc2Cl)c2ccccc2C1(C)C. The van der Waals surface area contributed by atoms with Crippen LogP contribution in [0.2, 0.25) is 10.0 Å². The maximum Gasteiger partial charge on any atom is 0.244 e. The number of nitrogens with two attached hydrogens (primary N) is 2. The minimum atomic E-state index is -1.12. The van der Waals surface area contributed by atoms with E-state index in [0.717, 1.165) is 33.6 Å². The highest BCUT2D eigenvalue weighted by Crippen LogP contribution is 2.58. The minimum absolute atomic E-state index is 0.112. The zero-order valence-electron chi connectivity index (χ0n) is 37.1. The second-order valence-electron chi connectivity index (χ2n) is 16.9. The Balaban J connectivity index is 0.00000276. The van der Waals surface area contributed by atoms with Crippen LogP contribution in [0.1, 0.15) is 63.8 Å². The number of anilines is 6. The van der Waals surface area contributed by atoms with Crippen molar-refractivity contribution in [3.63, 3.8) is 0 Å². The van der Waals surface area contributed by atoms with Gasteiger partial charge in [-0.3, -0.25) is 9.59 Å². The van der Waals surface area contributed by atoms with E-state index in [0.29, 0.717) is 34.4 Å². The maximum atomic E-state index is 14.1. The first-order valence-corrected chi connectivity index (χ1v) is 21.8. The van der Waals surface area contributed by atoms with E-state index in [1.807, 2.05) is 109 Å².